The van der Waals surface area contributed by atoms with Gasteiger partial charge in [-0.2, -0.15) is 0 Å². The minimum atomic E-state index is -1.06. The third kappa shape index (κ3) is 3.00. The van der Waals surface area contributed by atoms with Crippen LogP contribution in [0.2, 0.25) is 0 Å². The Labute approximate surface area is 121 Å². The lowest BCUT2D eigenvalue weighted by molar-refractivity contribution is 0.0696. The molecule has 6 nitrogen and oxygen atoms in total. The van der Waals surface area contributed by atoms with Crippen LogP contribution in [0.4, 0.5) is 5.82 Å². The minimum absolute atomic E-state index is 0.0666. The molecule has 6 heteroatoms. The Morgan fingerprint density at radius 2 is 1.90 bits per heavy atom. The fraction of sp³-hybridized carbons (Fsp3) is 0.133. The number of rotatable bonds is 4. The summed E-state index contributed by atoms with van der Waals surface area (Å²) in [5, 5.41) is 8.83. The van der Waals surface area contributed by atoms with Crippen LogP contribution in [0.25, 0.3) is 0 Å². The molecule has 0 aliphatic carbocycles. The van der Waals surface area contributed by atoms with Gasteiger partial charge >= 0.3 is 5.97 Å². The van der Waals surface area contributed by atoms with Crippen molar-refractivity contribution in [2.45, 2.75) is 0 Å². The summed E-state index contributed by atoms with van der Waals surface area (Å²) in [5.41, 5.74) is 0.475. The summed E-state index contributed by atoms with van der Waals surface area (Å²) in [6.45, 7) is 0. The van der Waals surface area contributed by atoms with Crippen LogP contribution in [0, 0.1) is 0 Å². The van der Waals surface area contributed by atoms with Crippen LogP contribution in [0.1, 0.15) is 20.7 Å². The highest BCUT2D eigenvalue weighted by Crippen LogP contribution is 2.21. The lowest BCUT2D eigenvalue weighted by Gasteiger charge is -2.17. The van der Waals surface area contributed by atoms with Crippen LogP contribution in [-0.2, 0) is 0 Å². The number of aromatic nitrogens is 1. The molecule has 0 saturated heterocycles. The molecule has 0 fully saturated rings. The second-order valence-electron chi connectivity index (χ2n) is 4.27. The number of carboxylic acid groups (broad SMARTS) is 1. The summed E-state index contributed by atoms with van der Waals surface area (Å²) in [5.74, 6) is -0.525. The van der Waals surface area contributed by atoms with Crippen molar-refractivity contribution in [1.29, 1.82) is 0 Å². The highest BCUT2D eigenvalue weighted by Gasteiger charge is 2.18. The summed E-state index contributed by atoms with van der Waals surface area (Å²) >= 11 is 0. The summed E-state index contributed by atoms with van der Waals surface area (Å²) in [4.78, 5) is 28.5. The molecule has 1 amide bonds. The fourth-order valence-electron chi connectivity index (χ4n) is 1.82. The first kappa shape index (κ1) is 14.5. The van der Waals surface area contributed by atoms with Gasteiger partial charge in [-0.25, -0.2) is 9.78 Å². The largest absolute Gasteiger partial charge is 0.496 e. The average molecular weight is 286 g/mol. The summed E-state index contributed by atoms with van der Waals surface area (Å²) in [6.07, 6.45) is 1.21. The highest BCUT2D eigenvalue weighted by molar-refractivity contribution is 6.07. The van der Waals surface area contributed by atoms with Crippen molar-refractivity contribution in [2.24, 2.45) is 0 Å². The number of benzene rings is 1. The SMILES string of the molecule is COc1ccccc1C(=O)N(C)c1ccc(C(=O)O)cn1. The van der Waals surface area contributed by atoms with Gasteiger partial charge in [-0.15, -0.1) is 0 Å². The molecular weight excluding hydrogens is 272 g/mol. The molecule has 0 spiro atoms. The minimum Gasteiger partial charge on any atom is -0.496 e. The number of para-hydroxylation sites is 1. The van der Waals surface area contributed by atoms with Crippen LogP contribution in [0.3, 0.4) is 0 Å². The normalized spacial score (nSPS) is 10.0. The quantitative estimate of drug-likeness (QED) is 0.930. The maximum absolute atomic E-state index is 12.4. The zero-order chi connectivity index (χ0) is 15.4. The van der Waals surface area contributed by atoms with Gasteiger partial charge in [0.1, 0.15) is 11.6 Å². The number of anilines is 1. The molecule has 0 aliphatic heterocycles. The predicted octanol–water partition coefficient (Wildman–Crippen LogP) is 2.06. The van der Waals surface area contributed by atoms with Crippen molar-refractivity contribution in [3.63, 3.8) is 0 Å². The predicted molar refractivity (Wildman–Crippen MR) is 76.9 cm³/mol. The Morgan fingerprint density at radius 1 is 1.19 bits per heavy atom. The molecule has 1 aromatic heterocycles. The Morgan fingerprint density at radius 3 is 2.48 bits per heavy atom. The molecule has 1 N–H and O–H groups in total. The lowest BCUT2D eigenvalue weighted by atomic mass is 10.1. The Hall–Kier alpha value is -2.89. The molecule has 2 rings (SSSR count). The van der Waals surface area contributed by atoms with Crippen molar-refractivity contribution in [2.75, 3.05) is 19.1 Å². The van der Waals surface area contributed by atoms with E-state index in [-0.39, 0.29) is 11.5 Å². The third-order valence-corrected chi connectivity index (χ3v) is 2.98. The van der Waals surface area contributed by atoms with Crippen molar-refractivity contribution in [1.82, 2.24) is 4.98 Å². The van der Waals surface area contributed by atoms with Crippen LogP contribution in [0.5, 0.6) is 5.75 Å². The zero-order valence-electron chi connectivity index (χ0n) is 11.6. The lowest BCUT2D eigenvalue weighted by Crippen LogP contribution is -2.27. The number of carbonyl (C=O) groups is 2. The Kier molecular flexibility index (Phi) is 4.18. The molecule has 0 bridgehead atoms. The molecule has 1 aromatic carbocycles. The van der Waals surface area contributed by atoms with Crippen LogP contribution in [-0.4, -0.2) is 36.1 Å². The molecule has 0 saturated carbocycles. The van der Waals surface area contributed by atoms with Gasteiger partial charge < -0.3 is 9.84 Å². The van der Waals surface area contributed by atoms with Crippen LogP contribution < -0.4 is 9.64 Å². The van der Waals surface area contributed by atoms with Gasteiger partial charge in [-0.1, -0.05) is 12.1 Å². The second-order valence-corrected chi connectivity index (χ2v) is 4.27. The van der Waals surface area contributed by atoms with E-state index < -0.39 is 5.97 Å². The van der Waals surface area contributed by atoms with Gasteiger partial charge in [0.15, 0.2) is 0 Å². The highest BCUT2D eigenvalue weighted by atomic mass is 16.5. The van der Waals surface area contributed by atoms with Gasteiger partial charge in [0.25, 0.3) is 5.91 Å². The first-order chi connectivity index (χ1) is 10.0. The topological polar surface area (TPSA) is 79.7 Å². The maximum Gasteiger partial charge on any atom is 0.337 e. The Bertz CT molecular complexity index is 668. The van der Waals surface area contributed by atoms with Crippen LogP contribution in [0.15, 0.2) is 42.6 Å². The van der Waals surface area contributed by atoms with Gasteiger partial charge in [-0.3, -0.25) is 9.69 Å². The monoisotopic (exact) mass is 286 g/mol. The molecule has 1 heterocycles. The standard InChI is InChI=1S/C15H14N2O4/c1-17(13-8-7-10(9-16-13)15(19)20)14(18)11-5-3-4-6-12(11)21-2/h3-9H,1-2H3,(H,19,20). The number of pyridine rings is 1. The van der Waals surface area contributed by atoms with Crippen molar-refractivity contribution >= 4 is 17.7 Å². The van der Waals surface area contributed by atoms with E-state index in [0.717, 1.165) is 0 Å². The van der Waals surface area contributed by atoms with Crippen molar-refractivity contribution < 1.29 is 19.4 Å². The van der Waals surface area contributed by atoms with Gasteiger partial charge in [0, 0.05) is 13.2 Å². The number of ether oxygens (including phenoxy) is 1. The molecule has 0 unspecified atom stereocenters. The zero-order valence-corrected chi connectivity index (χ0v) is 11.6. The Balaban J connectivity index is 2.28. The molecule has 21 heavy (non-hydrogen) atoms. The first-order valence-electron chi connectivity index (χ1n) is 6.15. The van der Waals surface area contributed by atoms with E-state index in [1.807, 2.05) is 0 Å². The number of amides is 1. The summed E-state index contributed by atoms with van der Waals surface area (Å²) < 4.78 is 5.16. The van der Waals surface area contributed by atoms with E-state index in [0.29, 0.717) is 17.1 Å². The molecule has 108 valence electrons. The molecular formula is C15H14N2O4. The van der Waals surface area contributed by atoms with E-state index in [1.54, 1.807) is 31.3 Å². The smallest absolute Gasteiger partial charge is 0.337 e. The molecule has 0 atom stereocenters. The molecule has 0 aliphatic rings. The van der Waals surface area contributed by atoms with E-state index in [9.17, 15) is 9.59 Å². The second kappa shape index (κ2) is 6.04. The fourth-order valence-corrected chi connectivity index (χ4v) is 1.82. The number of carboxylic acids is 1. The number of nitrogens with zero attached hydrogens (tertiary/aromatic N) is 2. The van der Waals surface area contributed by atoms with E-state index >= 15 is 0 Å². The van der Waals surface area contributed by atoms with Gasteiger partial charge in [0.05, 0.1) is 18.2 Å². The molecule has 2 aromatic rings. The van der Waals surface area contributed by atoms with Crippen LogP contribution >= 0.6 is 0 Å². The van der Waals surface area contributed by atoms with E-state index in [1.165, 1.54) is 30.3 Å². The van der Waals surface area contributed by atoms with Crippen molar-refractivity contribution in [3.8, 4) is 5.75 Å². The number of methoxy groups -OCH3 is 1. The summed E-state index contributed by atoms with van der Waals surface area (Å²) in [6, 6.07) is 9.75. The third-order valence-electron chi connectivity index (χ3n) is 2.98. The van der Waals surface area contributed by atoms with Crippen molar-refractivity contribution in [3.05, 3.63) is 53.7 Å². The average Bonchev–Trinajstić information content (AvgIpc) is 2.53. The van der Waals surface area contributed by atoms with Gasteiger partial charge in [-0.05, 0) is 24.3 Å². The number of aromatic carboxylic acids is 1. The first-order valence-corrected chi connectivity index (χ1v) is 6.15. The van der Waals surface area contributed by atoms with E-state index in [4.69, 9.17) is 9.84 Å². The van der Waals surface area contributed by atoms with E-state index in [2.05, 4.69) is 4.98 Å². The number of hydrogen-bond acceptors (Lipinski definition) is 4. The summed E-state index contributed by atoms with van der Waals surface area (Å²) in [7, 11) is 3.06. The number of hydrogen-bond donors (Lipinski definition) is 1. The maximum atomic E-state index is 12.4. The van der Waals surface area contributed by atoms with Gasteiger partial charge in [0.2, 0.25) is 0 Å². The number of carbonyl (C=O) groups excluding carboxylic acids is 1. The molecule has 0 radical (unpaired) electrons.